The van der Waals surface area contributed by atoms with E-state index in [1.807, 2.05) is 0 Å². The van der Waals surface area contributed by atoms with Gasteiger partial charge in [-0.3, -0.25) is 0 Å². The van der Waals surface area contributed by atoms with Crippen LogP contribution in [-0.4, -0.2) is 5.33 Å². The molecule has 0 bridgehead atoms. The summed E-state index contributed by atoms with van der Waals surface area (Å²) in [4.78, 5) is 0. The fourth-order valence-electron chi connectivity index (χ4n) is 6.26. The zero-order valence-electron chi connectivity index (χ0n) is 27.7. The van der Waals surface area contributed by atoms with E-state index in [0.29, 0.717) is 0 Å². The summed E-state index contributed by atoms with van der Waals surface area (Å²) < 4.78 is 0. The Morgan fingerprint density at radius 3 is 0.641 bits per heavy atom. The number of rotatable bonds is 35. The van der Waals surface area contributed by atoms with Crippen LogP contribution in [0.2, 0.25) is 0 Å². The van der Waals surface area contributed by atoms with E-state index in [9.17, 15) is 0 Å². The van der Waals surface area contributed by atoms with Crippen LogP contribution in [0.15, 0.2) is 0 Å². The predicted octanol–water partition coefficient (Wildman–Crippen LogP) is 15.3. The minimum atomic E-state index is 0.934. The molecule has 1 heteroatoms. The zero-order valence-corrected chi connectivity index (χ0v) is 29.3. The molecule has 0 rings (SSSR count). The van der Waals surface area contributed by atoms with E-state index in [1.165, 1.54) is 224 Å². The summed E-state index contributed by atoms with van der Waals surface area (Å²) in [5.41, 5.74) is 0. The topological polar surface area (TPSA) is 0 Å². The van der Waals surface area contributed by atoms with Crippen molar-refractivity contribution < 1.29 is 0 Å². The molecule has 0 saturated heterocycles. The van der Waals surface area contributed by atoms with Gasteiger partial charge in [-0.1, -0.05) is 235 Å². The highest BCUT2D eigenvalue weighted by molar-refractivity contribution is 9.09. The number of unbranched alkanes of at least 4 members (excludes halogenated alkanes) is 30. The van der Waals surface area contributed by atoms with Gasteiger partial charge in [0.15, 0.2) is 0 Å². The molecule has 39 heavy (non-hydrogen) atoms. The van der Waals surface area contributed by atoms with Crippen molar-refractivity contribution in [3.63, 3.8) is 0 Å². The van der Waals surface area contributed by atoms with Crippen molar-refractivity contribution in [2.75, 3.05) is 5.33 Å². The lowest BCUT2D eigenvalue weighted by atomic mass is 9.95. The molecular formula is C38H77Br. The summed E-state index contributed by atoms with van der Waals surface area (Å²) in [5.74, 6) is 0.934. The number of hydrogen-bond donors (Lipinski definition) is 0. The van der Waals surface area contributed by atoms with E-state index in [0.717, 1.165) is 5.92 Å². The molecule has 0 saturated carbocycles. The van der Waals surface area contributed by atoms with Gasteiger partial charge >= 0.3 is 0 Å². The van der Waals surface area contributed by atoms with Gasteiger partial charge in [0.05, 0.1) is 0 Å². The van der Waals surface area contributed by atoms with Gasteiger partial charge in [-0.2, -0.15) is 0 Å². The van der Waals surface area contributed by atoms with E-state index in [4.69, 9.17) is 0 Å². The SMILES string of the molecule is CCCCCCCCCCCCCCCCCCC(CBr)CCCCCCCCCCCCCCCCCC. The molecule has 0 aromatic heterocycles. The van der Waals surface area contributed by atoms with Crippen LogP contribution in [-0.2, 0) is 0 Å². The van der Waals surface area contributed by atoms with Crippen LogP contribution in [0.25, 0.3) is 0 Å². The van der Waals surface area contributed by atoms with Crippen molar-refractivity contribution in [2.45, 2.75) is 232 Å². The Balaban J connectivity index is 3.25. The average molecular weight is 614 g/mol. The smallest absolute Gasteiger partial charge is 0.00596 e. The van der Waals surface area contributed by atoms with Crippen LogP contribution in [0, 0.1) is 5.92 Å². The Kier molecular flexibility index (Phi) is 37.0. The van der Waals surface area contributed by atoms with E-state index < -0.39 is 0 Å². The molecule has 0 aliphatic heterocycles. The molecule has 0 aromatic rings. The maximum atomic E-state index is 3.81. The van der Waals surface area contributed by atoms with Crippen LogP contribution in [0.3, 0.4) is 0 Å². The third kappa shape index (κ3) is 34.6. The summed E-state index contributed by atoms with van der Waals surface area (Å²) in [6.07, 6.45) is 50.0. The van der Waals surface area contributed by atoms with Crippen LogP contribution in [0.4, 0.5) is 0 Å². The molecule has 0 heterocycles. The standard InChI is InChI=1S/C38H77Br/c1-3-5-7-9-11-13-15-17-19-21-23-25-27-29-31-33-35-38(37-39)36-34-32-30-28-26-24-22-20-18-16-14-12-10-8-6-4-2/h38H,3-37H2,1-2H3. The fraction of sp³-hybridized carbons (Fsp3) is 1.00. The van der Waals surface area contributed by atoms with Crippen LogP contribution >= 0.6 is 15.9 Å². The quantitative estimate of drug-likeness (QED) is 0.0493. The Bertz CT molecular complexity index is 370. The largest absolute Gasteiger partial charge is 0.0925 e. The summed E-state index contributed by atoms with van der Waals surface area (Å²) in [6.45, 7) is 4.62. The van der Waals surface area contributed by atoms with Gasteiger partial charge in [0.1, 0.15) is 0 Å². The van der Waals surface area contributed by atoms with Gasteiger partial charge in [-0.05, 0) is 18.8 Å². The lowest BCUT2D eigenvalue weighted by Crippen LogP contribution is -2.02. The molecule has 0 aromatic carbocycles. The molecule has 236 valence electrons. The molecule has 0 unspecified atom stereocenters. The van der Waals surface area contributed by atoms with Crippen molar-refractivity contribution in [1.29, 1.82) is 0 Å². The third-order valence-electron chi connectivity index (χ3n) is 9.15. The van der Waals surface area contributed by atoms with E-state index >= 15 is 0 Å². The maximum absolute atomic E-state index is 3.81. The normalized spacial score (nSPS) is 11.7. The lowest BCUT2D eigenvalue weighted by molar-refractivity contribution is 0.436. The minimum absolute atomic E-state index is 0.934. The van der Waals surface area contributed by atoms with E-state index in [-0.39, 0.29) is 0 Å². The highest BCUT2D eigenvalue weighted by atomic mass is 79.9. The first-order valence-electron chi connectivity index (χ1n) is 18.9. The summed E-state index contributed by atoms with van der Waals surface area (Å²) >= 11 is 3.81. The van der Waals surface area contributed by atoms with Crippen molar-refractivity contribution in [2.24, 2.45) is 5.92 Å². The molecule has 0 atom stereocenters. The molecule has 0 amide bonds. The molecule has 0 radical (unpaired) electrons. The van der Waals surface area contributed by atoms with Crippen LogP contribution in [0.1, 0.15) is 232 Å². The first-order chi connectivity index (χ1) is 19.3. The molecule has 0 spiro atoms. The van der Waals surface area contributed by atoms with Crippen molar-refractivity contribution in [3.05, 3.63) is 0 Å². The van der Waals surface area contributed by atoms with Gasteiger partial charge in [0.2, 0.25) is 0 Å². The Morgan fingerprint density at radius 1 is 0.282 bits per heavy atom. The second-order valence-electron chi connectivity index (χ2n) is 13.2. The summed E-state index contributed by atoms with van der Waals surface area (Å²) in [5, 5.41) is 1.23. The highest BCUT2D eigenvalue weighted by Gasteiger charge is 2.07. The number of alkyl halides is 1. The first-order valence-corrected chi connectivity index (χ1v) is 20.0. The molecule has 0 aliphatic rings. The molecule has 0 aliphatic carbocycles. The average Bonchev–Trinajstić information content (AvgIpc) is 2.95. The second kappa shape index (κ2) is 36.5. The fourth-order valence-corrected chi connectivity index (χ4v) is 6.91. The monoisotopic (exact) mass is 613 g/mol. The third-order valence-corrected chi connectivity index (χ3v) is 10.1. The number of hydrogen-bond acceptors (Lipinski definition) is 0. The lowest BCUT2D eigenvalue weighted by Gasteiger charge is -2.13. The Morgan fingerprint density at radius 2 is 0.462 bits per heavy atom. The highest BCUT2D eigenvalue weighted by Crippen LogP contribution is 2.21. The predicted molar refractivity (Wildman–Crippen MR) is 186 cm³/mol. The zero-order chi connectivity index (χ0) is 28.3. The van der Waals surface area contributed by atoms with Gasteiger partial charge < -0.3 is 0 Å². The minimum Gasteiger partial charge on any atom is -0.0925 e. The van der Waals surface area contributed by atoms with E-state index in [1.54, 1.807) is 0 Å². The molecule has 0 nitrogen and oxygen atoms in total. The Hall–Kier alpha value is 0.480. The second-order valence-corrected chi connectivity index (χ2v) is 13.9. The van der Waals surface area contributed by atoms with Gasteiger partial charge in [-0.15, -0.1) is 0 Å². The van der Waals surface area contributed by atoms with Crippen molar-refractivity contribution >= 4 is 15.9 Å². The van der Waals surface area contributed by atoms with Gasteiger partial charge in [0.25, 0.3) is 0 Å². The first kappa shape index (κ1) is 39.5. The number of halogens is 1. The van der Waals surface area contributed by atoms with Crippen molar-refractivity contribution in [1.82, 2.24) is 0 Å². The van der Waals surface area contributed by atoms with Crippen LogP contribution in [0.5, 0.6) is 0 Å². The summed E-state index contributed by atoms with van der Waals surface area (Å²) in [7, 11) is 0. The Labute approximate surface area is 258 Å². The molecule has 0 fully saturated rings. The van der Waals surface area contributed by atoms with Crippen LogP contribution < -0.4 is 0 Å². The van der Waals surface area contributed by atoms with Gasteiger partial charge in [0, 0.05) is 5.33 Å². The maximum Gasteiger partial charge on any atom is 0.00596 e. The molecular weight excluding hydrogens is 536 g/mol. The van der Waals surface area contributed by atoms with Crippen molar-refractivity contribution in [3.8, 4) is 0 Å². The summed E-state index contributed by atoms with van der Waals surface area (Å²) in [6, 6.07) is 0. The van der Waals surface area contributed by atoms with Gasteiger partial charge in [-0.25, -0.2) is 0 Å². The van der Waals surface area contributed by atoms with E-state index in [2.05, 4.69) is 29.8 Å². The molecule has 0 N–H and O–H groups in total.